The molecule has 1 amide bonds. The van der Waals surface area contributed by atoms with Crippen molar-refractivity contribution in [1.82, 2.24) is 4.90 Å². The summed E-state index contributed by atoms with van der Waals surface area (Å²) in [6.45, 7) is 9.60. The normalized spacial score (nSPS) is 19.7. The van der Waals surface area contributed by atoms with Gasteiger partial charge in [-0.2, -0.15) is 0 Å². The Bertz CT molecular complexity index is 268. The highest BCUT2D eigenvalue weighted by Gasteiger charge is 2.29. The Labute approximate surface area is 110 Å². The van der Waals surface area contributed by atoms with E-state index in [1.807, 2.05) is 27.7 Å². The van der Waals surface area contributed by atoms with Crippen LogP contribution in [0.5, 0.6) is 0 Å². The molecule has 18 heavy (non-hydrogen) atoms. The number of likely N-dealkylation sites (tertiary alicyclic amines) is 1. The van der Waals surface area contributed by atoms with Crippen molar-refractivity contribution >= 4 is 6.09 Å². The molecule has 0 aromatic heterocycles. The van der Waals surface area contributed by atoms with Gasteiger partial charge in [0.25, 0.3) is 0 Å². The zero-order valence-corrected chi connectivity index (χ0v) is 11.9. The number of hydrogen-bond donors (Lipinski definition) is 1. The first-order valence-electron chi connectivity index (χ1n) is 6.68. The second-order valence-corrected chi connectivity index (χ2v) is 5.72. The molecular weight excluding hydrogens is 232 g/mol. The van der Waals surface area contributed by atoms with Crippen LogP contribution in [0.4, 0.5) is 4.79 Å². The van der Waals surface area contributed by atoms with E-state index in [0.29, 0.717) is 25.6 Å². The molecule has 1 aliphatic rings. The molecule has 1 unspecified atom stereocenters. The Morgan fingerprint density at radius 1 is 1.39 bits per heavy atom. The van der Waals surface area contributed by atoms with Crippen molar-refractivity contribution < 1.29 is 14.3 Å². The monoisotopic (exact) mass is 258 g/mol. The Morgan fingerprint density at radius 3 is 2.39 bits per heavy atom. The first-order chi connectivity index (χ1) is 8.33. The Balaban J connectivity index is 2.37. The minimum atomic E-state index is -0.435. The maximum Gasteiger partial charge on any atom is 0.410 e. The zero-order chi connectivity index (χ0) is 13.8. The number of carbonyl (C=O) groups excluding carboxylic acids is 1. The highest BCUT2D eigenvalue weighted by Crippen LogP contribution is 2.22. The predicted octanol–water partition coefficient (Wildman–Crippen LogP) is 1.95. The Kier molecular flexibility index (Phi) is 5.41. The van der Waals surface area contributed by atoms with Gasteiger partial charge in [0, 0.05) is 25.6 Å². The van der Waals surface area contributed by atoms with Crippen molar-refractivity contribution in [2.75, 3.05) is 19.7 Å². The van der Waals surface area contributed by atoms with Crippen LogP contribution < -0.4 is 5.73 Å². The van der Waals surface area contributed by atoms with E-state index in [4.69, 9.17) is 15.2 Å². The number of nitrogens with two attached hydrogens (primary N) is 1. The van der Waals surface area contributed by atoms with Crippen LogP contribution in [0.25, 0.3) is 0 Å². The number of rotatable bonds is 3. The molecule has 1 aliphatic heterocycles. The van der Waals surface area contributed by atoms with Crippen LogP contribution in [-0.2, 0) is 9.47 Å². The summed E-state index contributed by atoms with van der Waals surface area (Å²) in [6.07, 6.45) is 1.31. The average molecular weight is 258 g/mol. The molecule has 5 heteroatoms. The quantitative estimate of drug-likeness (QED) is 0.786. The SMILES string of the molecule is CCOC(N)C1CCN(C(=O)OC(C)(C)C)CC1. The lowest BCUT2D eigenvalue weighted by Crippen LogP contribution is -2.45. The van der Waals surface area contributed by atoms with Crippen LogP contribution in [-0.4, -0.2) is 42.5 Å². The van der Waals surface area contributed by atoms with Crippen molar-refractivity contribution in [3.8, 4) is 0 Å². The second-order valence-electron chi connectivity index (χ2n) is 5.72. The molecule has 0 aromatic carbocycles. The molecule has 0 aliphatic carbocycles. The third-order valence-corrected chi connectivity index (χ3v) is 3.02. The summed E-state index contributed by atoms with van der Waals surface area (Å²) >= 11 is 0. The third kappa shape index (κ3) is 4.82. The lowest BCUT2D eigenvalue weighted by molar-refractivity contribution is -0.0118. The van der Waals surface area contributed by atoms with Crippen molar-refractivity contribution in [3.63, 3.8) is 0 Å². The van der Waals surface area contributed by atoms with E-state index in [9.17, 15) is 4.79 Å². The Hall–Kier alpha value is -0.810. The second kappa shape index (κ2) is 6.38. The van der Waals surface area contributed by atoms with Crippen LogP contribution in [0, 0.1) is 5.92 Å². The van der Waals surface area contributed by atoms with Crippen molar-refractivity contribution in [1.29, 1.82) is 0 Å². The van der Waals surface area contributed by atoms with E-state index in [1.54, 1.807) is 4.90 Å². The summed E-state index contributed by atoms with van der Waals surface area (Å²) in [5.74, 6) is 0.337. The van der Waals surface area contributed by atoms with E-state index < -0.39 is 5.60 Å². The largest absolute Gasteiger partial charge is 0.444 e. The topological polar surface area (TPSA) is 64.8 Å². The number of carbonyl (C=O) groups is 1. The summed E-state index contributed by atoms with van der Waals surface area (Å²) < 4.78 is 10.7. The van der Waals surface area contributed by atoms with Gasteiger partial charge in [-0.15, -0.1) is 0 Å². The molecule has 2 N–H and O–H groups in total. The maximum atomic E-state index is 11.9. The molecule has 0 spiro atoms. The fraction of sp³-hybridized carbons (Fsp3) is 0.923. The molecule has 1 saturated heterocycles. The predicted molar refractivity (Wildman–Crippen MR) is 70.1 cm³/mol. The molecule has 1 atom stereocenters. The first kappa shape index (κ1) is 15.2. The van der Waals surface area contributed by atoms with Crippen LogP contribution in [0.2, 0.25) is 0 Å². The smallest absolute Gasteiger partial charge is 0.410 e. The number of hydrogen-bond acceptors (Lipinski definition) is 4. The third-order valence-electron chi connectivity index (χ3n) is 3.02. The van der Waals surface area contributed by atoms with Gasteiger partial charge in [-0.25, -0.2) is 4.79 Å². The highest BCUT2D eigenvalue weighted by atomic mass is 16.6. The summed E-state index contributed by atoms with van der Waals surface area (Å²) in [4.78, 5) is 13.6. The van der Waals surface area contributed by atoms with Gasteiger partial charge in [-0.3, -0.25) is 0 Å². The van der Waals surface area contributed by atoms with Gasteiger partial charge in [0.1, 0.15) is 11.8 Å². The molecule has 1 rings (SSSR count). The molecule has 0 bridgehead atoms. The summed E-state index contributed by atoms with van der Waals surface area (Å²) in [6, 6.07) is 0. The average Bonchev–Trinajstić information content (AvgIpc) is 2.27. The number of amides is 1. The van der Waals surface area contributed by atoms with Gasteiger partial charge in [0.15, 0.2) is 0 Å². The van der Waals surface area contributed by atoms with E-state index in [-0.39, 0.29) is 12.3 Å². The lowest BCUT2D eigenvalue weighted by Gasteiger charge is -2.35. The summed E-state index contributed by atoms with van der Waals surface area (Å²) in [5, 5.41) is 0. The van der Waals surface area contributed by atoms with Gasteiger partial charge in [-0.05, 0) is 40.5 Å². The molecule has 5 nitrogen and oxygen atoms in total. The standard InChI is InChI=1S/C13H26N2O3/c1-5-17-11(14)10-6-8-15(9-7-10)12(16)18-13(2,3)4/h10-11H,5-9,14H2,1-4H3. The maximum absolute atomic E-state index is 11.9. The first-order valence-corrected chi connectivity index (χ1v) is 6.68. The Morgan fingerprint density at radius 2 is 1.94 bits per heavy atom. The van der Waals surface area contributed by atoms with Crippen LogP contribution in [0.15, 0.2) is 0 Å². The van der Waals surface area contributed by atoms with Crippen LogP contribution >= 0.6 is 0 Å². The fourth-order valence-electron chi connectivity index (χ4n) is 2.07. The molecule has 0 aromatic rings. The van der Waals surface area contributed by atoms with Crippen molar-refractivity contribution in [2.24, 2.45) is 11.7 Å². The molecule has 0 saturated carbocycles. The van der Waals surface area contributed by atoms with E-state index >= 15 is 0 Å². The zero-order valence-electron chi connectivity index (χ0n) is 11.9. The minimum Gasteiger partial charge on any atom is -0.444 e. The van der Waals surface area contributed by atoms with Crippen LogP contribution in [0.1, 0.15) is 40.5 Å². The fourth-order valence-corrected chi connectivity index (χ4v) is 2.07. The van der Waals surface area contributed by atoms with Crippen molar-refractivity contribution in [3.05, 3.63) is 0 Å². The van der Waals surface area contributed by atoms with Gasteiger partial charge in [-0.1, -0.05) is 0 Å². The summed E-state index contributed by atoms with van der Waals surface area (Å²) in [5.41, 5.74) is 5.49. The van der Waals surface area contributed by atoms with Gasteiger partial charge in [0.05, 0.1) is 0 Å². The number of ether oxygens (including phenoxy) is 2. The molecule has 106 valence electrons. The lowest BCUT2D eigenvalue weighted by atomic mass is 9.95. The highest BCUT2D eigenvalue weighted by molar-refractivity contribution is 5.68. The number of piperidine rings is 1. The van der Waals surface area contributed by atoms with Crippen LogP contribution in [0.3, 0.4) is 0 Å². The molecule has 1 fully saturated rings. The van der Waals surface area contributed by atoms with Crippen molar-refractivity contribution in [2.45, 2.75) is 52.4 Å². The molecular formula is C13H26N2O3. The van der Waals surface area contributed by atoms with Gasteiger partial charge < -0.3 is 20.1 Å². The molecule has 1 heterocycles. The van der Waals surface area contributed by atoms with E-state index in [2.05, 4.69) is 0 Å². The van der Waals surface area contributed by atoms with E-state index in [0.717, 1.165) is 12.8 Å². The molecule has 0 radical (unpaired) electrons. The van der Waals surface area contributed by atoms with Gasteiger partial charge >= 0.3 is 6.09 Å². The van der Waals surface area contributed by atoms with Gasteiger partial charge in [0.2, 0.25) is 0 Å². The number of nitrogens with zero attached hydrogens (tertiary/aromatic N) is 1. The van der Waals surface area contributed by atoms with E-state index in [1.165, 1.54) is 0 Å². The minimum absolute atomic E-state index is 0.212. The summed E-state index contributed by atoms with van der Waals surface area (Å²) in [7, 11) is 0.